The summed E-state index contributed by atoms with van der Waals surface area (Å²) in [5.74, 6) is -1.13. The monoisotopic (exact) mass is 542 g/mol. The van der Waals surface area contributed by atoms with Crippen LogP contribution in [0.15, 0.2) is 48.7 Å². The number of aryl methyl sites for hydroxylation is 1. The fourth-order valence-corrected chi connectivity index (χ4v) is 4.59. The van der Waals surface area contributed by atoms with Gasteiger partial charge in [-0.2, -0.15) is 13.2 Å². The maximum Gasteiger partial charge on any atom is 0.416 e. The smallest absolute Gasteiger partial charge is 0.416 e. The lowest BCUT2D eigenvalue weighted by atomic mass is 9.83. The Kier molecular flexibility index (Phi) is 7.26. The van der Waals surface area contributed by atoms with Gasteiger partial charge in [0.25, 0.3) is 0 Å². The Morgan fingerprint density at radius 2 is 1.74 bits per heavy atom. The van der Waals surface area contributed by atoms with Crippen LogP contribution in [0.3, 0.4) is 0 Å². The minimum absolute atomic E-state index is 0.00379. The van der Waals surface area contributed by atoms with Crippen molar-refractivity contribution in [3.63, 3.8) is 0 Å². The molecule has 204 valence electrons. The molecule has 0 spiro atoms. The van der Waals surface area contributed by atoms with Crippen molar-refractivity contribution >= 4 is 23.3 Å². The summed E-state index contributed by atoms with van der Waals surface area (Å²) in [4.78, 5) is 29.1. The molecule has 1 saturated carbocycles. The maximum absolute atomic E-state index is 14.8. The first kappa shape index (κ1) is 26.6. The highest BCUT2D eigenvalue weighted by Crippen LogP contribution is 2.36. The third kappa shape index (κ3) is 6.36. The zero-order chi connectivity index (χ0) is 27.7. The van der Waals surface area contributed by atoms with Crippen molar-refractivity contribution in [3.8, 4) is 11.5 Å². The highest BCUT2D eigenvalue weighted by Gasteiger charge is 2.32. The molecule has 0 bridgehead atoms. The van der Waals surface area contributed by atoms with Gasteiger partial charge in [-0.05, 0) is 85.2 Å². The van der Waals surface area contributed by atoms with Crippen LogP contribution in [0.2, 0.25) is 0 Å². The van der Waals surface area contributed by atoms with Gasteiger partial charge in [-0.1, -0.05) is 0 Å². The molecular formula is C28H26F4N4O3. The van der Waals surface area contributed by atoms with E-state index in [0.29, 0.717) is 24.2 Å². The molecule has 3 aromatic rings. The molecule has 0 saturated heterocycles. The molecule has 1 fully saturated rings. The molecule has 11 heteroatoms. The van der Waals surface area contributed by atoms with Crippen LogP contribution in [-0.4, -0.2) is 16.8 Å². The van der Waals surface area contributed by atoms with Gasteiger partial charge in [0.05, 0.1) is 5.56 Å². The molecule has 0 aliphatic heterocycles. The molecule has 1 heterocycles. The average Bonchev–Trinajstić information content (AvgIpc) is 3.74. The SMILES string of the molecule is NCc1cc(NC(=O)C2CCc3cc(F)c(Oc4ccnc(NC(=O)C5CC5)c4)cc3C2)cc(C(F)(F)F)c1. The largest absolute Gasteiger partial charge is 0.454 e. The number of amides is 2. The third-order valence-corrected chi connectivity index (χ3v) is 6.84. The van der Waals surface area contributed by atoms with Gasteiger partial charge in [0.15, 0.2) is 11.6 Å². The second kappa shape index (κ2) is 10.6. The number of pyridine rings is 1. The number of carbonyl (C=O) groups is 2. The van der Waals surface area contributed by atoms with Gasteiger partial charge >= 0.3 is 6.18 Å². The Bertz CT molecular complexity index is 1420. The number of fused-ring (bicyclic) bond motifs is 1. The van der Waals surface area contributed by atoms with Gasteiger partial charge in [-0.25, -0.2) is 9.37 Å². The summed E-state index contributed by atoms with van der Waals surface area (Å²) < 4.78 is 60.4. The second-order valence-corrected chi connectivity index (χ2v) is 9.84. The van der Waals surface area contributed by atoms with Crippen LogP contribution >= 0.6 is 0 Å². The predicted molar refractivity (Wildman–Crippen MR) is 136 cm³/mol. The third-order valence-electron chi connectivity index (χ3n) is 6.84. The molecule has 2 amide bonds. The number of halogens is 4. The molecule has 4 N–H and O–H groups in total. The van der Waals surface area contributed by atoms with Crippen LogP contribution < -0.4 is 21.1 Å². The van der Waals surface area contributed by atoms with Gasteiger partial charge in [0.2, 0.25) is 11.8 Å². The number of aromatic nitrogens is 1. The number of nitrogens with one attached hydrogen (secondary N) is 2. The van der Waals surface area contributed by atoms with Crippen molar-refractivity contribution < 1.29 is 31.9 Å². The summed E-state index contributed by atoms with van der Waals surface area (Å²) in [5.41, 5.74) is 6.36. The lowest BCUT2D eigenvalue weighted by Crippen LogP contribution is -2.28. The van der Waals surface area contributed by atoms with Gasteiger partial charge in [-0.15, -0.1) is 0 Å². The number of hydrogen-bond acceptors (Lipinski definition) is 5. The van der Waals surface area contributed by atoms with E-state index in [0.717, 1.165) is 30.5 Å². The maximum atomic E-state index is 14.8. The van der Waals surface area contributed by atoms with Crippen molar-refractivity contribution in [1.82, 2.24) is 4.98 Å². The van der Waals surface area contributed by atoms with Crippen molar-refractivity contribution in [2.75, 3.05) is 10.6 Å². The van der Waals surface area contributed by atoms with Crippen molar-refractivity contribution in [3.05, 3.63) is 76.7 Å². The molecule has 2 aliphatic rings. The van der Waals surface area contributed by atoms with E-state index in [1.54, 1.807) is 0 Å². The number of ether oxygens (including phenoxy) is 1. The van der Waals surface area contributed by atoms with Crippen molar-refractivity contribution in [1.29, 1.82) is 0 Å². The summed E-state index contributed by atoms with van der Waals surface area (Å²) in [6.45, 7) is -0.107. The zero-order valence-corrected chi connectivity index (χ0v) is 20.8. The highest BCUT2D eigenvalue weighted by atomic mass is 19.4. The molecular weight excluding hydrogens is 516 g/mol. The fraction of sp³-hybridized carbons (Fsp3) is 0.321. The van der Waals surface area contributed by atoms with Crippen molar-refractivity contribution in [2.24, 2.45) is 17.6 Å². The number of nitrogens with zero attached hydrogens (tertiary/aromatic N) is 1. The number of alkyl halides is 3. The number of anilines is 2. The molecule has 0 radical (unpaired) electrons. The van der Waals surface area contributed by atoms with Crippen LogP contribution in [0.5, 0.6) is 11.5 Å². The first-order chi connectivity index (χ1) is 18.6. The number of carbonyl (C=O) groups excluding carboxylic acids is 2. The molecule has 2 aliphatic carbocycles. The zero-order valence-electron chi connectivity index (χ0n) is 20.8. The Morgan fingerprint density at radius 3 is 2.46 bits per heavy atom. The highest BCUT2D eigenvalue weighted by molar-refractivity contribution is 5.93. The quantitative estimate of drug-likeness (QED) is 0.338. The summed E-state index contributed by atoms with van der Waals surface area (Å²) in [6, 6.07) is 9.19. The van der Waals surface area contributed by atoms with E-state index in [4.69, 9.17) is 10.5 Å². The molecule has 1 atom stereocenters. The minimum Gasteiger partial charge on any atom is -0.454 e. The normalized spacial score (nSPS) is 16.8. The first-order valence-electron chi connectivity index (χ1n) is 12.6. The second-order valence-electron chi connectivity index (χ2n) is 9.84. The van der Waals surface area contributed by atoms with E-state index < -0.39 is 29.4 Å². The van der Waals surface area contributed by atoms with Crippen LogP contribution in [0.4, 0.5) is 29.1 Å². The molecule has 39 heavy (non-hydrogen) atoms. The summed E-state index contributed by atoms with van der Waals surface area (Å²) >= 11 is 0. The van der Waals surface area contributed by atoms with E-state index >= 15 is 0 Å². The van der Waals surface area contributed by atoms with E-state index in [1.807, 2.05) is 0 Å². The molecule has 1 aromatic heterocycles. The van der Waals surface area contributed by atoms with Gasteiger partial charge in [0.1, 0.15) is 11.6 Å². The Hall–Kier alpha value is -3.99. The van der Waals surface area contributed by atoms with Crippen LogP contribution in [0.25, 0.3) is 0 Å². The van der Waals surface area contributed by atoms with E-state index in [9.17, 15) is 27.2 Å². The van der Waals surface area contributed by atoms with Crippen molar-refractivity contribution in [2.45, 2.75) is 44.8 Å². The van der Waals surface area contributed by atoms with E-state index in [-0.39, 0.29) is 47.5 Å². The lowest BCUT2D eigenvalue weighted by molar-refractivity contribution is -0.137. The van der Waals surface area contributed by atoms with Crippen LogP contribution in [-0.2, 0) is 35.2 Å². The molecule has 5 rings (SSSR count). The summed E-state index contributed by atoms with van der Waals surface area (Å²) in [6.07, 6.45) is -0.346. The van der Waals surface area contributed by atoms with E-state index in [1.165, 1.54) is 36.5 Å². The van der Waals surface area contributed by atoms with Gasteiger partial charge < -0.3 is 21.1 Å². The standard InChI is InChI=1S/C28H26F4N4O3/c29-23-10-17-3-4-18(27(38)35-21-8-15(14-33)7-20(12-21)28(30,31)32)9-19(17)11-24(23)39-22-5-6-34-25(13-22)36-26(37)16-1-2-16/h5-8,10-13,16,18H,1-4,9,14,33H2,(H,35,38)(H,34,36,37). The number of hydrogen-bond donors (Lipinski definition) is 3. The predicted octanol–water partition coefficient (Wildman–Crippen LogP) is 5.58. The minimum atomic E-state index is -4.58. The Labute approximate surface area is 221 Å². The van der Waals surface area contributed by atoms with Gasteiger partial charge in [-0.3, -0.25) is 9.59 Å². The topological polar surface area (TPSA) is 106 Å². The summed E-state index contributed by atoms with van der Waals surface area (Å²) in [5, 5.41) is 5.30. The van der Waals surface area contributed by atoms with Gasteiger partial charge in [0, 0.05) is 36.3 Å². The average molecular weight is 543 g/mol. The molecule has 7 nitrogen and oxygen atoms in total. The fourth-order valence-electron chi connectivity index (χ4n) is 4.59. The first-order valence-corrected chi connectivity index (χ1v) is 12.6. The number of benzene rings is 2. The van der Waals surface area contributed by atoms with E-state index in [2.05, 4.69) is 15.6 Å². The van der Waals surface area contributed by atoms with Crippen LogP contribution in [0, 0.1) is 17.7 Å². The Morgan fingerprint density at radius 1 is 0.974 bits per heavy atom. The lowest BCUT2D eigenvalue weighted by Gasteiger charge is -2.25. The molecule has 1 unspecified atom stereocenters. The number of nitrogens with two attached hydrogens (primary N) is 1. The summed E-state index contributed by atoms with van der Waals surface area (Å²) in [7, 11) is 0. The molecule has 2 aromatic carbocycles. The Balaban J connectivity index is 1.29. The van der Waals surface area contributed by atoms with Crippen LogP contribution in [0.1, 0.15) is 41.5 Å². The number of rotatable bonds is 7.